The first-order valence-electron chi connectivity index (χ1n) is 6.08. The topological polar surface area (TPSA) is 57.6 Å². The van der Waals surface area contributed by atoms with E-state index >= 15 is 0 Å². The van der Waals surface area contributed by atoms with Crippen LogP contribution in [0.3, 0.4) is 0 Å². The highest BCUT2D eigenvalue weighted by molar-refractivity contribution is 5.81. The summed E-state index contributed by atoms with van der Waals surface area (Å²) in [4.78, 5) is 23.6. The molecule has 4 nitrogen and oxygen atoms in total. The molecule has 0 spiro atoms. The highest BCUT2D eigenvalue weighted by Gasteiger charge is 2.39. The van der Waals surface area contributed by atoms with Crippen LogP contribution >= 0.6 is 0 Å². The lowest BCUT2D eigenvalue weighted by atomic mass is 10.1. The van der Waals surface area contributed by atoms with E-state index in [1.165, 1.54) is 17.5 Å². The van der Waals surface area contributed by atoms with Crippen molar-refractivity contribution >= 4 is 11.9 Å². The molecule has 2 atom stereocenters. The molecule has 4 heteroatoms. The van der Waals surface area contributed by atoms with Crippen molar-refractivity contribution in [1.82, 2.24) is 4.90 Å². The van der Waals surface area contributed by atoms with Crippen molar-refractivity contribution in [2.45, 2.75) is 18.8 Å². The molecule has 0 aromatic heterocycles. The molecule has 1 amide bonds. The quantitative estimate of drug-likeness (QED) is 0.862. The normalized spacial score (nSPS) is 21.4. The molecule has 1 fully saturated rings. The van der Waals surface area contributed by atoms with Crippen LogP contribution < -0.4 is 0 Å². The molecule has 0 saturated heterocycles. The molecular formula is C14H17NO3. The van der Waals surface area contributed by atoms with Gasteiger partial charge in [-0.05, 0) is 23.8 Å². The lowest BCUT2D eigenvalue weighted by Crippen LogP contribution is -2.32. The predicted molar refractivity (Wildman–Crippen MR) is 67.2 cm³/mol. The zero-order valence-electron chi connectivity index (χ0n) is 10.4. The fourth-order valence-electron chi connectivity index (χ4n) is 2.25. The van der Waals surface area contributed by atoms with Crippen molar-refractivity contribution in [1.29, 1.82) is 0 Å². The van der Waals surface area contributed by atoms with Crippen LogP contribution in [-0.2, 0) is 9.59 Å². The first-order valence-corrected chi connectivity index (χ1v) is 6.08. The average Bonchev–Trinajstić information content (AvgIpc) is 3.08. The Kier molecular flexibility index (Phi) is 3.65. The number of amides is 1. The summed E-state index contributed by atoms with van der Waals surface area (Å²) in [5, 5.41) is 8.62. The SMILES string of the molecule is CN(CC(=O)O)C(=O)C[C@@H]1C[C@H]1c1ccccc1. The van der Waals surface area contributed by atoms with Gasteiger partial charge in [0, 0.05) is 13.5 Å². The van der Waals surface area contributed by atoms with Crippen molar-refractivity contribution in [3.05, 3.63) is 35.9 Å². The lowest BCUT2D eigenvalue weighted by Gasteiger charge is -2.14. The Morgan fingerprint density at radius 3 is 2.61 bits per heavy atom. The lowest BCUT2D eigenvalue weighted by molar-refractivity contribution is -0.143. The molecule has 1 aliphatic rings. The molecule has 2 rings (SSSR count). The predicted octanol–water partition coefficient (Wildman–Crippen LogP) is 1.72. The fraction of sp³-hybridized carbons (Fsp3) is 0.429. The Labute approximate surface area is 106 Å². The second kappa shape index (κ2) is 5.21. The second-order valence-electron chi connectivity index (χ2n) is 4.86. The van der Waals surface area contributed by atoms with Gasteiger partial charge in [-0.3, -0.25) is 9.59 Å². The van der Waals surface area contributed by atoms with E-state index in [1.807, 2.05) is 18.2 Å². The van der Waals surface area contributed by atoms with Crippen LogP contribution in [0.2, 0.25) is 0 Å². The number of hydrogen-bond donors (Lipinski definition) is 1. The first kappa shape index (κ1) is 12.6. The zero-order chi connectivity index (χ0) is 13.1. The zero-order valence-corrected chi connectivity index (χ0v) is 10.4. The molecule has 1 aliphatic carbocycles. The minimum absolute atomic E-state index is 0.0826. The molecule has 1 aromatic carbocycles. The number of carboxylic acid groups (broad SMARTS) is 1. The van der Waals surface area contributed by atoms with Crippen molar-refractivity contribution in [3.63, 3.8) is 0 Å². The fourth-order valence-corrected chi connectivity index (χ4v) is 2.25. The van der Waals surface area contributed by atoms with E-state index < -0.39 is 5.97 Å². The van der Waals surface area contributed by atoms with Gasteiger partial charge in [-0.15, -0.1) is 0 Å². The van der Waals surface area contributed by atoms with Gasteiger partial charge in [0.1, 0.15) is 6.54 Å². The average molecular weight is 247 g/mol. The maximum atomic E-state index is 11.8. The summed E-state index contributed by atoms with van der Waals surface area (Å²) in [6.07, 6.45) is 1.47. The van der Waals surface area contributed by atoms with Gasteiger partial charge in [0.25, 0.3) is 0 Å². The first-order chi connectivity index (χ1) is 8.58. The molecule has 0 radical (unpaired) electrons. The summed E-state index contributed by atoms with van der Waals surface area (Å²) in [6.45, 7) is -0.221. The number of likely N-dealkylation sites (N-methyl/N-ethyl adjacent to an activating group) is 1. The summed E-state index contributed by atoms with van der Waals surface area (Å²) >= 11 is 0. The monoisotopic (exact) mass is 247 g/mol. The van der Waals surface area contributed by atoms with Gasteiger partial charge in [-0.25, -0.2) is 0 Å². The van der Waals surface area contributed by atoms with E-state index in [0.29, 0.717) is 18.3 Å². The third-order valence-electron chi connectivity index (χ3n) is 3.39. The minimum atomic E-state index is -0.971. The van der Waals surface area contributed by atoms with Crippen LogP contribution in [0.4, 0.5) is 0 Å². The summed E-state index contributed by atoms with van der Waals surface area (Å²) in [7, 11) is 1.54. The van der Waals surface area contributed by atoms with Gasteiger partial charge in [0.2, 0.25) is 5.91 Å². The van der Waals surface area contributed by atoms with Gasteiger partial charge in [0.15, 0.2) is 0 Å². The number of carbonyl (C=O) groups is 2. The molecule has 1 N–H and O–H groups in total. The summed E-state index contributed by atoms with van der Waals surface area (Å²) in [5.41, 5.74) is 1.27. The third kappa shape index (κ3) is 3.09. The number of rotatable bonds is 5. The van der Waals surface area contributed by atoms with E-state index in [4.69, 9.17) is 5.11 Å². The van der Waals surface area contributed by atoms with Gasteiger partial charge < -0.3 is 10.0 Å². The molecule has 1 aromatic rings. The van der Waals surface area contributed by atoms with Gasteiger partial charge in [-0.2, -0.15) is 0 Å². The third-order valence-corrected chi connectivity index (χ3v) is 3.39. The van der Waals surface area contributed by atoms with Crippen molar-refractivity contribution in [3.8, 4) is 0 Å². The highest BCUT2D eigenvalue weighted by atomic mass is 16.4. The molecule has 0 unspecified atom stereocenters. The molecule has 18 heavy (non-hydrogen) atoms. The van der Waals surface area contributed by atoms with E-state index in [1.54, 1.807) is 0 Å². The number of aliphatic carboxylic acids is 1. The number of nitrogens with zero attached hydrogens (tertiary/aromatic N) is 1. The van der Waals surface area contributed by atoms with E-state index in [9.17, 15) is 9.59 Å². The van der Waals surface area contributed by atoms with Crippen LogP contribution in [0.5, 0.6) is 0 Å². The van der Waals surface area contributed by atoms with Crippen LogP contribution in [-0.4, -0.2) is 35.5 Å². The number of benzene rings is 1. The molecular weight excluding hydrogens is 230 g/mol. The Balaban J connectivity index is 1.83. The van der Waals surface area contributed by atoms with Crippen LogP contribution in [0.1, 0.15) is 24.3 Å². The minimum Gasteiger partial charge on any atom is -0.480 e. The second-order valence-corrected chi connectivity index (χ2v) is 4.86. The Bertz CT molecular complexity index is 444. The number of hydrogen-bond acceptors (Lipinski definition) is 2. The van der Waals surface area contributed by atoms with Crippen molar-refractivity contribution in [2.24, 2.45) is 5.92 Å². The van der Waals surface area contributed by atoms with Crippen molar-refractivity contribution < 1.29 is 14.7 Å². The van der Waals surface area contributed by atoms with E-state index in [0.717, 1.165) is 6.42 Å². The smallest absolute Gasteiger partial charge is 0.323 e. The highest BCUT2D eigenvalue weighted by Crippen LogP contribution is 2.49. The van der Waals surface area contributed by atoms with Crippen LogP contribution in [0, 0.1) is 5.92 Å². The Hall–Kier alpha value is -1.84. The number of carboxylic acids is 1. The van der Waals surface area contributed by atoms with E-state index in [2.05, 4.69) is 12.1 Å². The van der Waals surface area contributed by atoms with Gasteiger partial charge in [-0.1, -0.05) is 30.3 Å². The molecule has 0 aliphatic heterocycles. The molecule has 1 saturated carbocycles. The van der Waals surface area contributed by atoms with E-state index in [-0.39, 0.29) is 12.5 Å². The maximum absolute atomic E-state index is 11.8. The Morgan fingerprint density at radius 1 is 1.33 bits per heavy atom. The summed E-state index contributed by atoms with van der Waals surface area (Å²) in [6, 6.07) is 10.1. The standard InChI is InChI=1S/C14H17NO3/c1-15(9-14(17)18)13(16)8-11-7-12(11)10-5-3-2-4-6-10/h2-6,11-12H,7-9H2,1H3,(H,17,18)/t11-,12-/m0/s1. The molecule has 0 heterocycles. The van der Waals surface area contributed by atoms with Gasteiger partial charge >= 0.3 is 5.97 Å². The number of carbonyl (C=O) groups excluding carboxylic acids is 1. The molecule has 0 bridgehead atoms. The maximum Gasteiger partial charge on any atom is 0.323 e. The molecule has 96 valence electrons. The van der Waals surface area contributed by atoms with Gasteiger partial charge in [0.05, 0.1) is 0 Å². The largest absolute Gasteiger partial charge is 0.480 e. The van der Waals surface area contributed by atoms with Crippen LogP contribution in [0.15, 0.2) is 30.3 Å². The van der Waals surface area contributed by atoms with Crippen LogP contribution in [0.25, 0.3) is 0 Å². The Morgan fingerprint density at radius 2 is 2.00 bits per heavy atom. The summed E-state index contributed by atoms with van der Waals surface area (Å²) < 4.78 is 0. The van der Waals surface area contributed by atoms with Crippen molar-refractivity contribution in [2.75, 3.05) is 13.6 Å². The summed E-state index contributed by atoms with van der Waals surface area (Å²) in [5.74, 6) is -0.216.